The third-order valence-electron chi connectivity index (χ3n) is 7.03. The van der Waals surface area contributed by atoms with E-state index < -0.39 is 22.0 Å². The van der Waals surface area contributed by atoms with E-state index in [0.29, 0.717) is 30.0 Å². The number of carbonyl (C=O) groups is 2. The Hall–Kier alpha value is -3.27. The number of nitrogens with zero attached hydrogens (tertiary/aromatic N) is 3. The zero-order valence-corrected chi connectivity index (χ0v) is 24.9. The number of pyridine rings is 1. The molecule has 1 aromatic heterocycles. The molecule has 10 heteroatoms. The number of unbranched alkanes of at least 4 members (excludes halogenated alkanes) is 1. The molecule has 0 bridgehead atoms. The van der Waals surface area contributed by atoms with Gasteiger partial charge in [-0.3, -0.25) is 14.6 Å². The third-order valence-corrected chi connectivity index (χ3v) is 9.56. The van der Waals surface area contributed by atoms with Gasteiger partial charge in [0.1, 0.15) is 0 Å². The van der Waals surface area contributed by atoms with Crippen LogP contribution < -0.4 is 0 Å². The van der Waals surface area contributed by atoms with Gasteiger partial charge in [0.2, 0.25) is 15.9 Å². The first-order chi connectivity index (χ1) is 18.9. The lowest BCUT2D eigenvalue weighted by atomic mass is 9.98. The summed E-state index contributed by atoms with van der Waals surface area (Å²) >= 11 is 6.30. The first-order valence-electron chi connectivity index (χ1n) is 13.2. The van der Waals surface area contributed by atoms with Crippen LogP contribution in [0.15, 0.2) is 65.8 Å². The third kappa shape index (κ3) is 7.68. The van der Waals surface area contributed by atoms with E-state index >= 15 is 0 Å². The van der Waals surface area contributed by atoms with Crippen molar-refractivity contribution in [2.75, 3.05) is 19.6 Å². The molecule has 1 heterocycles. The Balaban J connectivity index is 1.91. The number of hydrogen-bond donors (Lipinski definition) is 1. The molecule has 1 amide bonds. The Bertz CT molecular complexity index is 1460. The number of aromatic nitrogens is 1. The molecule has 0 radical (unpaired) electrons. The van der Waals surface area contributed by atoms with E-state index in [-0.39, 0.29) is 30.3 Å². The second kappa shape index (κ2) is 13.9. The lowest BCUT2D eigenvalue weighted by Crippen LogP contribution is -2.36. The Morgan fingerprint density at radius 1 is 1.02 bits per heavy atom. The molecule has 1 N–H and O–H groups in total. The highest BCUT2D eigenvalue weighted by molar-refractivity contribution is 7.89. The Morgan fingerprint density at radius 3 is 2.40 bits per heavy atom. The summed E-state index contributed by atoms with van der Waals surface area (Å²) in [5, 5.41) is 9.36. The van der Waals surface area contributed by atoms with Crippen LogP contribution in [0.3, 0.4) is 0 Å². The molecule has 40 heavy (non-hydrogen) atoms. The predicted octanol–water partition coefficient (Wildman–Crippen LogP) is 5.87. The number of benzene rings is 2. The zero-order chi connectivity index (χ0) is 29.4. The quantitative estimate of drug-likeness (QED) is 0.251. The molecule has 1 unspecified atom stereocenters. The fraction of sp³-hybridized carbons (Fsp3) is 0.367. The van der Waals surface area contributed by atoms with Gasteiger partial charge in [0.25, 0.3) is 0 Å². The number of aryl methyl sites for hydroxylation is 1. The van der Waals surface area contributed by atoms with Crippen LogP contribution in [0.25, 0.3) is 11.1 Å². The number of carboxylic acids is 1. The SMILES string of the molecule is CC(=O)N(CCCCN(C(C)c1cccc(-c2ccncc2C)c1)S(=O)(=O)c1cccc(Cl)c1C)CCC(=O)O. The highest BCUT2D eigenvalue weighted by Gasteiger charge is 2.31. The summed E-state index contributed by atoms with van der Waals surface area (Å²) in [6.45, 7) is 7.61. The number of aliphatic carboxylic acids is 1. The summed E-state index contributed by atoms with van der Waals surface area (Å²) in [4.78, 5) is 28.7. The first kappa shape index (κ1) is 31.3. The van der Waals surface area contributed by atoms with Crippen LogP contribution >= 0.6 is 11.6 Å². The van der Waals surface area contributed by atoms with E-state index in [2.05, 4.69) is 4.98 Å². The van der Waals surface area contributed by atoms with Crippen LogP contribution in [-0.4, -0.2) is 59.2 Å². The van der Waals surface area contributed by atoms with Gasteiger partial charge in [-0.15, -0.1) is 0 Å². The van der Waals surface area contributed by atoms with Crippen molar-refractivity contribution < 1.29 is 23.1 Å². The molecule has 3 rings (SSSR count). The molecular weight excluding hydrogens is 550 g/mol. The van der Waals surface area contributed by atoms with Gasteiger partial charge in [-0.25, -0.2) is 8.42 Å². The van der Waals surface area contributed by atoms with E-state index in [4.69, 9.17) is 16.7 Å². The van der Waals surface area contributed by atoms with Crippen molar-refractivity contribution in [2.24, 2.45) is 0 Å². The molecule has 1 atom stereocenters. The Kier molecular flexibility index (Phi) is 10.8. The number of carbonyl (C=O) groups excluding carboxylic acids is 1. The highest BCUT2D eigenvalue weighted by atomic mass is 35.5. The largest absolute Gasteiger partial charge is 0.481 e. The standard InChI is InChI=1S/C30H36ClN3O5S/c1-21-20-32-15-13-27(21)26-10-7-9-25(19-26)23(3)34(40(38,39)29-12-8-11-28(31)22(29)2)17-6-5-16-33(24(4)35)18-14-30(36)37/h7-13,15,19-20,23H,5-6,14,16-18H2,1-4H3,(H,36,37). The van der Waals surface area contributed by atoms with Crippen molar-refractivity contribution >= 4 is 33.5 Å². The van der Waals surface area contributed by atoms with Crippen molar-refractivity contribution in [2.45, 2.75) is 57.9 Å². The molecule has 214 valence electrons. The molecule has 2 aromatic carbocycles. The van der Waals surface area contributed by atoms with Gasteiger partial charge in [0.05, 0.1) is 11.3 Å². The number of amides is 1. The lowest BCUT2D eigenvalue weighted by molar-refractivity contribution is -0.138. The maximum atomic E-state index is 14.1. The predicted molar refractivity (Wildman–Crippen MR) is 157 cm³/mol. The van der Waals surface area contributed by atoms with Crippen molar-refractivity contribution in [1.29, 1.82) is 0 Å². The van der Waals surface area contributed by atoms with Gasteiger partial charge >= 0.3 is 5.97 Å². The number of halogens is 1. The zero-order valence-electron chi connectivity index (χ0n) is 23.3. The van der Waals surface area contributed by atoms with Gasteiger partial charge < -0.3 is 10.0 Å². The van der Waals surface area contributed by atoms with Crippen LogP contribution in [0, 0.1) is 13.8 Å². The topological polar surface area (TPSA) is 108 Å². The lowest BCUT2D eigenvalue weighted by Gasteiger charge is -2.30. The summed E-state index contributed by atoms with van der Waals surface area (Å²) in [7, 11) is -3.95. The number of sulfonamides is 1. The summed E-state index contributed by atoms with van der Waals surface area (Å²) in [6.07, 6.45) is 4.38. The van der Waals surface area contributed by atoms with Crippen LogP contribution in [0.1, 0.15) is 55.8 Å². The number of rotatable bonds is 13. The minimum absolute atomic E-state index is 0.117. The summed E-state index contributed by atoms with van der Waals surface area (Å²) in [5.41, 5.74) is 4.33. The molecule has 8 nitrogen and oxygen atoms in total. The Labute approximate surface area is 241 Å². The summed E-state index contributed by atoms with van der Waals surface area (Å²) in [6, 6.07) is 14.1. The van der Waals surface area contributed by atoms with Crippen molar-refractivity contribution in [3.05, 3.63) is 82.6 Å². The summed E-state index contributed by atoms with van der Waals surface area (Å²) in [5.74, 6) is -1.18. The monoisotopic (exact) mass is 585 g/mol. The molecule has 0 saturated heterocycles. The van der Waals surface area contributed by atoms with Crippen molar-refractivity contribution in [3.63, 3.8) is 0 Å². The van der Waals surface area contributed by atoms with E-state index in [1.54, 1.807) is 37.5 Å². The molecule has 0 fully saturated rings. The van der Waals surface area contributed by atoms with Gasteiger partial charge in [0, 0.05) is 50.0 Å². The van der Waals surface area contributed by atoms with Crippen LogP contribution in [0.5, 0.6) is 0 Å². The minimum atomic E-state index is -3.95. The van der Waals surface area contributed by atoms with Crippen molar-refractivity contribution in [3.8, 4) is 11.1 Å². The Morgan fingerprint density at radius 2 is 1.73 bits per heavy atom. The van der Waals surface area contributed by atoms with Gasteiger partial charge in [-0.1, -0.05) is 35.9 Å². The number of hydrogen-bond acceptors (Lipinski definition) is 5. The fourth-order valence-electron chi connectivity index (χ4n) is 4.67. The maximum Gasteiger partial charge on any atom is 0.305 e. The average molecular weight is 586 g/mol. The summed E-state index contributed by atoms with van der Waals surface area (Å²) < 4.78 is 29.6. The second-order valence-corrected chi connectivity index (χ2v) is 12.1. The molecule has 0 aliphatic rings. The van der Waals surface area contributed by atoms with Crippen LogP contribution in [-0.2, 0) is 19.6 Å². The molecule has 0 aliphatic carbocycles. The molecule has 0 saturated carbocycles. The van der Waals surface area contributed by atoms with E-state index in [0.717, 1.165) is 22.3 Å². The maximum absolute atomic E-state index is 14.1. The highest BCUT2D eigenvalue weighted by Crippen LogP contribution is 2.33. The normalized spacial score (nSPS) is 12.3. The first-order valence-corrected chi connectivity index (χ1v) is 15.0. The van der Waals surface area contributed by atoms with E-state index in [1.807, 2.05) is 44.2 Å². The van der Waals surface area contributed by atoms with Gasteiger partial charge in [-0.2, -0.15) is 4.31 Å². The average Bonchev–Trinajstić information content (AvgIpc) is 2.91. The molecule has 0 spiro atoms. The van der Waals surface area contributed by atoms with Crippen molar-refractivity contribution in [1.82, 2.24) is 14.2 Å². The minimum Gasteiger partial charge on any atom is -0.481 e. The van der Waals surface area contributed by atoms with E-state index in [1.165, 1.54) is 16.1 Å². The van der Waals surface area contributed by atoms with Gasteiger partial charge in [0.15, 0.2) is 0 Å². The van der Waals surface area contributed by atoms with E-state index in [9.17, 15) is 18.0 Å². The van der Waals surface area contributed by atoms with Gasteiger partial charge in [-0.05, 0) is 85.7 Å². The molecular formula is C30H36ClN3O5S. The molecule has 0 aliphatic heterocycles. The van der Waals surface area contributed by atoms with Crippen LogP contribution in [0.4, 0.5) is 0 Å². The smallest absolute Gasteiger partial charge is 0.305 e. The van der Waals surface area contributed by atoms with Crippen LogP contribution in [0.2, 0.25) is 5.02 Å². The second-order valence-electron chi connectivity index (χ2n) is 9.83. The number of carboxylic acid groups (broad SMARTS) is 1. The fourth-order valence-corrected chi connectivity index (χ4v) is 6.81. The molecule has 3 aromatic rings.